The quantitative estimate of drug-likeness (QED) is 0.0312. The van der Waals surface area contributed by atoms with Crippen molar-refractivity contribution in [1.29, 1.82) is 0 Å². The molecule has 272 valence electrons. The third-order valence-corrected chi connectivity index (χ3v) is 9.13. The van der Waals surface area contributed by atoms with E-state index in [0.717, 1.165) is 51.4 Å². The highest BCUT2D eigenvalue weighted by Crippen LogP contribution is 2.38. The maximum atomic E-state index is 12.6. The van der Waals surface area contributed by atoms with Crippen molar-refractivity contribution in [1.82, 2.24) is 5.32 Å². The third kappa shape index (κ3) is 31.6. The molecule has 0 aromatic carbocycles. The molecule has 0 heterocycles. The molecule has 2 N–H and O–H groups in total. The number of quaternary nitrogens is 1. The van der Waals surface area contributed by atoms with Crippen molar-refractivity contribution in [3.05, 3.63) is 24.3 Å². The molecule has 0 saturated carbocycles. The maximum absolute atomic E-state index is 12.6. The minimum atomic E-state index is -4.57. The van der Waals surface area contributed by atoms with Gasteiger partial charge in [0.1, 0.15) is 13.2 Å². The second kappa shape index (κ2) is 30.1. The number of phosphoric ester groups is 1. The minimum Gasteiger partial charge on any atom is -0.756 e. The van der Waals surface area contributed by atoms with Crippen molar-refractivity contribution < 1.29 is 32.9 Å². The van der Waals surface area contributed by atoms with Crippen molar-refractivity contribution >= 4 is 13.7 Å². The van der Waals surface area contributed by atoms with Gasteiger partial charge < -0.3 is 28.8 Å². The Balaban J connectivity index is 4.38. The number of unbranched alkanes of at least 4 members (excludes halogenated alkanes) is 18. The van der Waals surface area contributed by atoms with Gasteiger partial charge in [-0.1, -0.05) is 141 Å². The van der Waals surface area contributed by atoms with Crippen LogP contribution in [0, 0.1) is 0 Å². The molecule has 0 aromatic rings. The fraction of sp³-hybridized carbons (Fsp3) is 0.865. The molecule has 1 amide bonds. The normalized spacial score (nSPS) is 15.0. The van der Waals surface area contributed by atoms with Crippen LogP contribution in [-0.2, 0) is 18.4 Å². The van der Waals surface area contributed by atoms with Gasteiger partial charge in [0.15, 0.2) is 0 Å². The van der Waals surface area contributed by atoms with E-state index in [1.165, 1.54) is 83.5 Å². The topological polar surface area (TPSA) is 108 Å². The Labute approximate surface area is 284 Å². The second-order valence-electron chi connectivity index (χ2n) is 13.9. The van der Waals surface area contributed by atoms with Gasteiger partial charge in [0.2, 0.25) is 5.91 Å². The van der Waals surface area contributed by atoms with Crippen LogP contribution in [0.3, 0.4) is 0 Å². The summed E-state index contributed by atoms with van der Waals surface area (Å²) in [4.78, 5) is 24.9. The molecule has 0 aliphatic heterocycles. The summed E-state index contributed by atoms with van der Waals surface area (Å²) in [5.41, 5.74) is 0. The van der Waals surface area contributed by atoms with Crippen LogP contribution in [0.4, 0.5) is 0 Å². The predicted octanol–water partition coefficient (Wildman–Crippen LogP) is 8.77. The third-order valence-electron chi connectivity index (χ3n) is 8.16. The molecule has 3 unspecified atom stereocenters. The highest BCUT2D eigenvalue weighted by atomic mass is 31.2. The molecular formula is C37H73N2O6P. The molecule has 8 nitrogen and oxygen atoms in total. The molecular weight excluding hydrogens is 599 g/mol. The van der Waals surface area contributed by atoms with Gasteiger partial charge in [-0.3, -0.25) is 9.36 Å². The number of phosphoric acid groups is 1. The van der Waals surface area contributed by atoms with E-state index < -0.39 is 26.6 Å². The Morgan fingerprint density at radius 1 is 0.739 bits per heavy atom. The average Bonchev–Trinajstić information content (AvgIpc) is 2.99. The maximum Gasteiger partial charge on any atom is 0.268 e. The van der Waals surface area contributed by atoms with Gasteiger partial charge >= 0.3 is 0 Å². The fourth-order valence-corrected chi connectivity index (χ4v) is 5.83. The van der Waals surface area contributed by atoms with Crippen molar-refractivity contribution in [2.75, 3.05) is 40.9 Å². The standard InChI is InChI=1S/C37H73N2O6P/c1-6-8-10-12-13-14-15-16-17-18-19-20-21-22-23-24-25-27-28-30-36(40)35(38-37(41)31-29-26-11-9-7-2)34-45-46(42,43)44-33-32-39(3,4)5/h23-24,28,30,35-36,40H,6-22,25-27,29,31-34H2,1-5H3,(H-,38,41,42,43)/b24-23+,30-28+. The summed E-state index contributed by atoms with van der Waals surface area (Å²) >= 11 is 0. The van der Waals surface area contributed by atoms with E-state index in [0.29, 0.717) is 17.4 Å². The minimum absolute atomic E-state index is 0.00556. The molecule has 0 bridgehead atoms. The predicted molar refractivity (Wildman–Crippen MR) is 192 cm³/mol. The summed E-state index contributed by atoms with van der Waals surface area (Å²) in [6.45, 7) is 4.51. The van der Waals surface area contributed by atoms with Gasteiger partial charge in [0.05, 0.1) is 39.9 Å². The van der Waals surface area contributed by atoms with Gasteiger partial charge in [-0.05, 0) is 32.1 Å². The first-order chi connectivity index (χ1) is 22.0. The molecule has 0 aliphatic rings. The van der Waals surface area contributed by atoms with E-state index in [2.05, 4.69) is 31.3 Å². The monoisotopic (exact) mass is 673 g/mol. The number of allylic oxidation sites excluding steroid dienone is 3. The number of carbonyl (C=O) groups excluding carboxylic acids is 1. The molecule has 46 heavy (non-hydrogen) atoms. The Hall–Kier alpha value is -1.02. The first-order valence-electron chi connectivity index (χ1n) is 18.7. The molecule has 0 rings (SSSR count). The Morgan fingerprint density at radius 3 is 1.76 bits per heavy atom. The summed E-state index contributed by atoms with van der Waals surface area (Å²) in [6.07, 6.45) is 32.7. The van der Waals surface area contributed by atoms with Gasteiger partial charge in [0, 0.05) is 6.42 Å². The highest BCUT2D eigenvalue weighted by Gasteiger charge is 2.23. The number of aliphatic hydroxyl groups is 1. The van der Waals surface area contributed by atoms with Gasteiger partial charge in [-0.2, -0.15) is 0 Å². The van der Waals surface area contributed by atoms with Crippen molar-refractivity contribution in [3.63, 3.8) is 0 Å². The molecule has 0 fully saturated rings. The van der Waals surface area contributed by atoms with Crippen LogP contribution in [0.25, 0.3) is 0 Å². The van der Waals surface area contributed by atoms with Gasteiger partial charge in [-0.25, -0.2) is 0 Å². The first kappa shape index (κ1) is 45.0. The molecule has 0 radical (unpaired) electrons. The summed E-state index contributed by atoms with van der Waals surface area (Å²) in [5, 5.41) is 13.6. The fourth-order valence-electron chi connectivity index (χ4n) is 5.11. The van der Waals surface area contributed by atoms with Crippen LogP contribution < -0.4 is 10.2 Å². The van der Waals surface area contributed by atoms with Crippen LogP contribution in [0.2, 0.25) is 0 Å². The zero-order valence-electron chi connectivity index (χ0n) is 30.5. The largest absolute Gasteiger partial charge is 0.756 e. The number of amides is 1. The number of rotatable bonds is 33. The number of nitrogens with zero attached hydrogens (tertiary/aromatic N) is 1. The Kier molecular flexibility index (Phi) is 29.4. The SMILES string of the molecule is CCCCCCCCCCCCCCC/C=C/CC/C=C/C(O)C(COP(=O)([O-])OCC[N+](C)(C)C)NC(=O)CCCCCCC. The van der Waals surface area contributed by atoms with Crippen LogP contribution in [0.5, 0.6) is 0 Å². The smallest absolute Gasteiger partial charge is 0.268 e. The summed E-state index contributed by atoms with van der Waals surface area (Å²) in [7, 11) is 1.24. The number of nitrogens with one attached hydrogen (secondary N) is 1. The van der Waals surface area contributed by atoms with E-state index in [9.17, 15) is 19.4 Å². The number of carbonyl (C=O) groups is 1. The van der Waals surface area contributed by atoms with E-state index >= 15 is 0 Å². The molecule has 0 saturated heterocycles. The molecule has 3 atom stereocenters. The lowest BCUT2D eigenvalue weighted by Gasteiger charge is -2.29. The zero-order valence-corrected chi connectivity index (χ0v) is 31.4. The molecule has 0 spiro atoms. The van der Waals surface area contributed by atoms with Gasteiger partial charge in [0.25, 0.3) is 7.82 Å². The second-order valence-corrected chi connectivity index (χ2v) is 15.3. The van der Waals surface area contributed by atoms with E-state index in [1.54, 1.807) is 6.08 Å². The number of likely N-dealkylation sites (N-methyl/N-ethyl adjacent to an activating group) is 1. The Bertz CT molecular complexity index is 814. The Morgan fingerprint density at radius 2 is 1.22 bits per heavy atom. The molecule has 9 heteroatoms. The first-order valence-corrected chi connectivity index (χ1v) is 20.2. The molecule has 0 aromatic heterocycles. The number of hydrogen-bond donors (Lipinski definition) is 2. The summed E-state index contributed by atoms with van der Waals surface area (Å²) < 4.78 is 22.9. The van der Waals surface area contributed by atoms with E-state index in [1.807, 2.05) is 27.2 Å². The average molecular weight is 673 g/mol. The molecule has 0 aliphatic carbocycles. The lowest BCUT2D eigenvalue weighted by atomic mass is 10.0. The van der Waals surface area contributed by atoms with E-state index in [4.69, 9.17) is 9.05 Å². The van der Waals surface area contributed by atoms with Crippen LogP contribution >= 0.6 is 7.82 Å². The summed E-state index contributed by atoms with van der Waals surface area (Å²) in [5.74, 6) is -0.222. The van der Waals surface area contributed by atoms with Crippen molar-refractivity contribution in [3.8, 4) is 0 Å². The van der Waals surface area contributed by atoms with Crippen molar-refractivity contribution in [2.45, 2.75) is 167 Å². The van der Waals surface area contributed by atoms with Gasteiger partial charge in [-0.15, -0.1) is 0 Å². The van der Waals surface area contributed by atoms with E-state index in [-0.39, 0.29) is 12.5 Å². The van der Waals surface area contributed by atoms with Crippen LogP contribution in [0.15, 0.2) is 24.3 Å². The number of aliphatic hydroxyl groups excluding tert-OH is 1. The van der Waals surface area contributed by atoms with Crippen LogP contribution in [0.1, 0.15) is 155 Å². The lowest BCUT2D eigenvalue weighted by Crippen LogP contribution is -2.45. The van der Waals surface area contributed by atoms with Crippen molar-refractivity contribution in [2.24, 2.45) is 0 Å². The summed E-state index contributed by atoms with van der Waals surface area (Å²) in [6, 6.07) is -0.894. The lowest BCUT2D eigenvalue weighted by molar-refractivity contribution is -0.870. The van der Waals surface area contributed by atoms with Crippen LogP contribution in [-0.4, -0.2) is 68.5 Å². The number of hydrogen-bond acceptors (Lipinski definition) is 6. The highest BCUT2D eigenvalue weighted by molar-refractivity contribution is 7.45. The zero-order chi connectivity index (χ0) is 34.4.